The quantitative estimate of drug-likeness (QED) is 0.673. The Morgan fingerprint density at radius 3 is 2.90 bits per heavy atom. The zero-order valence-corrected chi connectivity index (χ0v) is 11.4. The molecule has 0 spiro atoms. The van der Waals surface area contributed by atoms with Gasteiger partial charge in [-0.2, -0.15) is 5.10 Å². The van der Waals surface area contributed by atoms with E-state index in [0.717, 1.165) is 5.69 Å². The summed E-state index contributed by atoms with van der Waals surface area (Å²) in [6, 6.07) is 7.95. The van der Waals surface area contributed by atoms with E-state index in [0.29, 0.717) is 16.1 Å². The number of aromatic nitrogens is 1. The van der Waals surface area contributed by atoms with Gasteiger partial charge in [0.05, 0.1) is 11.8 Å². The lowest BCUT2D eigenvalue weighted by atomic mass is 10.2. The van der Waals surface area contributed by atoms with E-state index in [1.54, 1.807) is 24.3 Å². The van der Waals surface area contributed by atoms with E-state index in [4.69, 9.17) is 11.6 Å². The van der Waals surface area contributed by atoms with Crippen LogP contribution in [0.15, 0.2) is 41.6 Å². The highest BCUT2D eigenvalue weighted by molar-refractivity contribution is 6.30. The van der Waals surface area contributed by atoms with Crippen LogP contribution < -0.4 is 5.43 Å². The first kappa shape index (κ1) is 14.0. The van der Waals surface area contributed by atoms with Crippen molar-refractivity contribution in [2.45, 2.75) is 6.92 Å². The summed E-state index contributed by atoms with van der Waals surface area (Å²) in [5, 5.41) is 13.8. The fourth-order valence-electron chi connectivity index (χ4n) is 1.46. The Balaban J connectivity index is 2.04. The molecule has 2 N–H and O–H groups in total. The van der Waals surface area contributed by atoms with Gasteiger partial charge in [-0.1, -0.05) is 11.6 Å². The first-order valence-corrected chi connectivity index (χ1v) is 6.18. The number of hydrazone groups is 1. The van der Waals surface area contributed by atoms with Gasteiger partial charge in [0.2, 0.25) is 0 Å². The lowest BCUT2D eigenvalue weighted by Gasteiger charge is -2.01. The number of carbonyl (C=O) groups excluding carboxylic acids is 1. The number of phenolic OH excluding ortho intramolecular Hbond substituents is 1. The Morgan fingerprint density at radius 1 is 1.40 bits per heavy atom. The van der Waals surface area contributed by atoms with Gasteiger partial charge in [-0.15, -0.1) is 0 Å². The van der Waals surface area contributed by atoms with Crippen LogP contribution in [-0.4, -0.2) is 22.2 Å². The molecule has 2 aromatic rings. The topological polar surface area (TPSA) is 74.6 Å². The molecule has 1 heterocycles. The number of phenols is 1. The number of pyridine rings is 1. The smallest absolute Gasteiger partial charge is 0.272 e. The normalized spacial score (nSPS) is 10.7. The zero-order chi connectivity index (χ0) is 14.5. The summed E-state index contributed by atoms with van der Waals surface area (Å²) in [4.78, 5) is 15.8. The van der Waals surface area contributed by atoms with Crippen LogP contribution in [0.1, 0.15) is 21.6 Å². The van der Waals surface area contributed by atoms with Crippen LogP contribution >= 0.6 is 11.6 Å². The average molecular weight is 290 g/mol. The van der Waals surface area contributed by atoms with Crippen molar-refractivity contribution in [3.63, 3.8) is 0 Å². The minimum atomic E-state index is -0.379. The standard InChI is InChI=1S/C14H12ClN3O2/c1-9-2-3-10(7-16-9)14(20)18-17-8-11-6-12(15)4-5-13(11)19/h2-8,19H,1H3,(H,18,20)/b17-8-. The fraction of sp³-hybridized carbons (Fsp3) is 0.0714. The van der Waals surface area contributed by atoms with E-state index in [-0.39, 0.29) is 11.7 Å². The molecule has 1 amide bonds. The molecular weight excluding hydrogens is 278 g/mol. The molecule has 5 nitrogen and oxygen atoms in total. The number of benzene rings is 1. The van der Waals surface area contributed by atoms with E-state index >= 15 is 0 Å². The first-order valence-electron chi connectivity index (χ1n) is 5.81. The summed E-state index contributed by atoms with van der Waals surface area (Å²) >= 11 is 5.80. The third kappa shape index (κ3) is 3.55. The molecule has 1 aromatic carbocycles. The number of hydrogen-bond acceptors (Lipinski definition) is 4. The third-order valence-electron chi connectivity index (χ3n) is 2.53. The van der Waals surface area contributed by atoms with Crippen molar-refractivity contribution in [1.29, 1.82) is 0 Å². The van der Waals surface area contributed by atoms with Gasteiger partial charge in [0.15, 0.2) is 0 Å². The van der Waals surface area contributed by atoms with Gasteiger partial charge in [0.25, 0.3) is 5.91 Å². The molecule has 0 aliphatic carbocycles. The zero-order valence-electron chi connectivity index (χ0n) is 10.7. The Bertz CT molecular complexity index is 654. The molecule has 2 rings (SSSR count). The second kappa shape index (κ2) is 6.16. The fourth-order valence-corrected chi connectivity index (χ4v) is 1.64. The van der Waals surface area contributed by atoms with Crippen LogP contribution in [0.3, 0.4) is 0 Å². The first-order chi connectivity index (χ1) is 9.56. The number of aryl methyl sites for hydroxylation is 1. The summed E-state index contributed by atoms with van der Waals surface area (Å²) in [5.41, 5.74) is 4.00. The van der Waals surface area contributed by atoms with Crippen LogP contribution in [-0.2, 0) is 0 Å². The van der Waals surface area contributed by atoms with Gasteiger partial charge in [0, 0.05) is 22.5 Å². The minimum absolute atomic E-state index is 0.0319. The van der Waals surface area contributed by atoms with Crippen LogP contribution in [0.4, 0.5) is 0 Å². The Labute approximate surface area is 120 Å². The van der Waals surface area contributed by atoms with Crippen molar-refractivity contribution < 1.29 is 9.90 Å². The van der Waals surface area contributed by atoms with Crippen molar-refractivity contribution in [2.24, 2.45) is 5.10 Å². The Kier molecular flexibility index (Phi) is 4.32. The molecule has 20 heavy (non-hydrogen) atoms. The van der Waals surface area contributed by atoms with Crippen LogP contribution in [0.5, 0.6) is 5.75 Å². The predicted octanol–water partition coefficient (Wildman–Crippen LogP) is 2.51. The van der Waals surface area contributed by atoms with E-state index in [9.17, 15) is 9.90 Å². The predicted molar refractivity (Wildman–Crippen MR) is 77.2 cm³/mol. The monoisotopic (exact) mass is 289 g/mol. The molecular formula is C14H12ClN3O2. The number of carbonyl (C=O) groups is 1. The lowest BCUT2D eigenvalue weighted by Crippen LogP contribution is -2.17. The number of nitrogens with one attached hydrogen (secondary N) is 1. The second-order valence-electron chi connectivity index (χ2n) is 4.09. The molecule has 102 valence electrons. The molecule has 0 saturated carbocycles. The molecule has 6 heteroatoms. The average Bonchev–Trinajstić information content (AvgIpc) is 2.43. The number of aromatic hydroxyl groups is 1. The third-order valence-corrected chi connectivity index (χ3v) is 2.77. The molecule has 0 aliphatic rings. The number of hydrogen-bond donors (Lipinski definition) is 2. The number of rotatable bonds is 3. The second-order valence-corrected chi connectivity index (χ2v) is 4.53. The summed E-state index contributed by atoms with van der Waals surface area (Å²) in [5.74, 6) is -0.348. The van der Waals surface area contributed by atoms with Gasteiger partial charge < -0.3 is 5.11 Å². The summed E-state index contributed by atoms with van der Waals surface area (Å²) in [7, 11) is 0. The maximum atomic E-state index is 11.7. The molecule has 0 unspecified atom stereocenters. The largest absolute Gasteiger partial charge is 0.507 e. The van der Waals surface area contributed by atoms with Gasteiger partial charge in [0.1, 0.15) is 5.75 Å². The van der Waals surface area contributed by atoms with Crippen LogP contribution in [0.2, 0.25) is 5.02 Å². The van der Waals surface area contributed by atoms with Crippen molar-refractivity contribution in [3.05, 3.63) is 58.4 Å². The van der Waals surface area contributed by atoms with E-state index in [1.807, 2.05) is 6.92 Å². The summed E-state index contributed by atoms with van der Waals surface area (Å²) in [6.07, 6.45) is 2.79. The molecule has 0 radical (unpaired) electrons. The Morgan fingerprint density at radius 2 is 2.20 bits per heavy atom. The highest BCUT2D eigenvalue weighted by atomic mass is 35.5. The van der Waals surface area contributed by atoms with E-state index < -0.39 is 0 Å². The molecule has 0 aliphatic heterocycles. The van der Waals surface area contributed by atoms with Crippen LogP contribution in [0, 0.1) is 6.92 Å². The van der Waals surface area contributed by atoms with Crippen molar-refractivity contribution in [1.82, 2.24) is 10.4 Å². The highest BCUT2D eigenvalue weighted by Crippen LogP contribution is 2.19. The van der Waals surface area contributed by atoms with Crippen molar-refractivity contribution >= 4 is 23.7 Å². The van der Waals surface area contributed by atoms with Crippen molar-refractivity contribution in [3.8, 4) is 5.75 Å². The molecule has 0 atom stereocenters. The molecule has 1 aromatic heterocycles. The van der Waals surface area contributed by atoms with Gasteiger partial charge in [-0.25, -0.2) is 5.43 Å². The highest BCUT2D eigenvalue weighted by Gasteiger charge is 2.04. The molecule has 0 fully saturated rings. The maximum Gasteiger partial charge on any atom is 0.272 e. The molecule has 0 bridgehead atoms. The Hall–Kier alpha value is -2.40. The summed E-state index contributed by atoms with van der Waals surface area (Å²) in [6.45, 7) is 1.84. The van der Waals surface area contributed by atoms with Gasteiger partial charge in [-0.3, -0.25) is 9.78 Å². The van der Waals surface area contributed by atoms with Crippen LogP contribution in [0.25, 0.3) is 0 Å². The van der Waals surface area contributed by atoms with Gasteiger partial charge in [-0.05, 0) is 37.3 Å². The number of amides is 1. The maximum absolute atomic E-state index is 11.7. The summed E-state index contributed by atoms with van der Waals surface area (Å²) < 4.78 is 0. The lowest BCUT2D eigenvalue weighted by molar-refractivity contribution is 0.0954. The minimum Gasteiger partial charge on any atom is -0.507 e. The van der Waals surface area contributed by atoms with Gasteiger partial charge >= 0.3 is 0 Å². The van der Waals surface area contributed by atoms with Crippen molar-refractivity contribution in [2.75, 3.05) is 0 Å². The molecule has 0 saturated heterocycles. The SMILES string of the molecule is Cc1ccc(C(=O)N/N=C\c2cc(Cl)ccc2O)cn1. The number of halogens is 1. The van der Waals surface area contributed by atoms with E-state index in [1.165, 1.54) is 18.5 Å². The number of nitrogens with zero attached hydrogens (tertiary/aromatic N) is 2. The van der Waals surface area contributed by atoms with E-state index in [2.05, 4.69) is 15.5 Å².